The number of rotatable bonds is 9. The topological polar surface area (TPSA) is 72.0 Å². The summed E-state index contributed by atoms with van der Waals surface area (Å²) in [5.41, 5.74) is 2.64. The van der Waals surface area contributed by atoms with Gasteiger partial charge in [-0.3, -0.25) is 4.79 Å². The largest absolute Gasteiger partial charge is 0.435 e. The standard InChI is InChI=1S/C17H14F5N3O3/c18-11-2-4-12(5-3-11)23-9-15(26)25-24-8-10-1-6-13(27-16(19)20)7-14(10)28-17(21)22/h1-8,16-17,23H,9H2,(H,25,26)/b24-8+. The van der Waals surface area contributed by atoms with Crippen LogP contribution in [-0.4, -0.2) is 31.9 Å². The van der Waals surface area contributed by atoms with E-state index in [-0.39, 0.29) is 17.9 Å². The number of hydrogen-bond acceptors (Lipinski definition) is 5. The Morgan fingerprint density at radius 3 is 2.36 bits per heavy atom. The number of nitrogens with one attached hydrogen (secondary N) is 2. The number of nitrogens with zero attached hydrogens (tertiary/aromatic N) is 1. The summed E-state index contributed by atoms with van der Waals surface area (Å²) in [4.78, 5) is 11.7. The molecule has 0 aromatic heterocycles. The number of alkyl halides is 4. The Kier molecular flexibility index (Phi) is 7.55. The highest BCUT2D eigenvalue weighted by Crippen LogP contribution is 2.26. The number of amides is 1. The second kappa shape index (κ2) is 10.1. The van der Waals surface area contributed by atoms with Gasteiger partial charge in [0.15, 0.2) is 0 Å². The number of benzene rings is 2. The fourth-order valence-electron chi connectivity index (χ4n) is 1.96. The van der Waals surface area contributed by atoms with E-state index in [0.29, 0.717) is 5.69 Å². The van der Waals surface area contributed by atoms with Crippen molar-refractivity contribution in [2.24, 2.45) is 5.10 Å². The molecule has 0 bridgehead atoms. The van der Waals surface area contributed by atoms with Crippen LogP contribution >= 0.6 is 0 Å². The molecule has 2 rings (SSSR count). The number of ether oxygens (including phenoxy) is 2. The van der Waals surface area contributed by atoms with Crippen LogP contribution in [0.3, 0.4) is 0 Å². The summed E-state index contributed by atoms with van der Waals surface area (Å²) in [6, 6.07) is 8.39. The fraction of sp³-hybridized carbons (Fsp3) is 0.176. The molecular weight excluding hydrogens is 389 g/mol. The maximum Gasteiger partial charge on any atom is 0.387 e. The minimum Gasteiger partial charge on any atom is -0.435 e. The summed E-state index contributed by atoms with van der Waals surface area (Å²) in [6.07, 6.45) is 1.000. The van der Waals surface area contributed by atoms with E-state index in [1.54, 1.807) is 0 Å². The number of halogens is 5. The van der Waals surface area contributed by atoms with Crippen LogP contribution in [0.4, 0.5) is 27.6 Å². The smallest absolute Gasteiger partial charge is 0.387 e. The highest BCUT2D eigenvalue weighted by atomic mass is 19.3. The molecule has 0 fully saturated rings. The van der Waals surface area contributed by atoms with E-state index in [0.717, 1.165) is 24.4 Å². The van der Waals surface area contributed by atoms with Crippen molar-refractivity contribution in [2.45, 2.75) is 13.2 Å². The van der Waals surface area contributed by atoms with Crippen molar-refractivity contribution in [3.05, 3.63) is 53.8 Å². The molecule has 2 N–H and O–H groups in total. The molecule has 11 heteroatoms. The van der Waals surface area contributed by atoms with E-state index in [4.69, 9.17) is 0 Å². The average molecular weight is 403 g/mol. The first kappa shape index (κ1) is 20.9. The van der Waals surface area contributed by atoms with Gasteiger partial charge >= 0.3 is 13.2 Å². The van der Waals surface area contributed by atoms with Crippen LogP contribution in [0.25, 0.3) is 0 Å². The molecule has 0 aliphatic carbocycles. The monoisotopic (exact) mass is 403 g/mol. The van der Waals surface area contributed by atoms with Crippen LogP contribution in [0.2, 0.25) is 0 Å². The zero-order chi connectivity index (χ0) is 20.5. The molecule has 2 aromatic carbocycles. The maximum atomic E-state index is 12.8. The highest BCUT2D eigenvalue weighted by Gasteiger charge is 2.12. The normalized spacial score (nSPS) is 11.1. The number of carbonyl (C=O) groups is 1. The van der Waals surface area contributed by atoms with E-state index in [9.17, 15) is 26.7 Å². The van der Waals surface area contributed by atoms with E-state index in [2.05, 4.69) is 25.3 Å². The van der Waals surface area contributed by atoms with Gasteiger partial charge in [0.05, 0.1) is 12.8 Å². The van der Waals surface area contributed by atoms with Crippen molar-refractivity contribution in [1.29, 1.82) is 0 Å². The Balaban J connectivity index is 1.95. The Morgan fingerprint density at radius 1 is 1.04 bits per heavy atom. The number of hydrogen-bond donors (Lipinski definition) is 2. The minimum absolute atomic E-state index is 0.00582. The van der Waals surface area contributed by atoms with Crippen LogP contribution in [0.15, 0.2) is 47.6 Å². The Labute approximate surface area is 155 Å². The lowest BCUT2D eigenvalue weighted by Gasteiger charge is -2.10. The van der Waals surface area contributed by atoms with Gasteiger partial charge in [0.25, 0.3) is 5.91 Å². The molecule has 0 spiro atoms. The molecule has 0 saturated carbocycles. The molecule has 1 amide bonds. The highest BCUT2D eigenvalue weighted by molar-refractivity contribution is 5.86. The zero-order valence-corrected chi connectivity index (χ0v) is 14.0. The van der Waals surface area contributed by atoms with E-state index < -0.39 is 30.7 Å². The van der Waals surface area contributed by atoms with Crippen molar-refractivity contribution in [3.8, 4) is 11.5 Å². The molecule has 0 aliphatic rings. The zero-order valence-electron chi connectivity index (χ0n) is 14.0. The van der Waals surface area contributed by atoms with Crippen LogP contribution in [0.1, 0.15) is 5.56 Å². The molecular formula is C17H14F5N3O3. The summed E-state index contributed by atoms with van der Waals surface area (Å²) in [5, 5.41) is 6.31. The van der Waals surface area contributed by atoms with E-state index in [1.165, 1.54) is 24.3 Å². The third-order valence-corrected chi connectivity index (χ3v) is 3.12. The van der Waals surface area contributed by atoms with Gasteiger partial charge < -0.3 is 14.8 Å². The fourth-order valence-corrected chi connectivity index (χ4v) is 1.96. The molecule has 0 atom stereocenters. The first-order valence-electron chi connectivity index (χ1n) is 7.68. The molecule has 0 saturated heterocycles. The molecule has 0 radical (unpaired) electrons. The summed E-state index contributed by atoms with van der Waals surface area (Å²) >= 11 is 0. The second-order valence-electron chi connectivity index (χ2n) is 5.11. The Bertz CT molecular complexity index is 816. The number of carbonyl (C=O) groups excluding carboxylic acids is 1. The van der Waals surface area contributed by atoms with Crippen LogP contribution in [0.5, 0.6) is 11.5 Å². The molecule has 0 heterocycles. The van der Waals surface area contributed by atoms with Gasteiger partial charge in [-0.15, -0.1) is 0 Å². The van der Waals surface area contributed by atoms with Crippen molar-refractivity contribution < 1.29 is 36.2 Å². The quantitative estimate of drug-likeness (QED) is 0.381. The molecule has 28 heavy (non-hydrogen) atoms. The summed E-state index contributed by atoms with van der Waals surface area (Å²) in [7, 11) is 0. The molecule has 0 aliphatic heterocycles. The summed E-state index contributed by atoms with van der Waals surface area (Å²) in [6.45, 7) is -6.53. The van der Waals surface area contributed by atoms with Crippen molar-refractivity contribution in [1.82, 2.24) is 5.43 Å². The SMILES string of the molecule is O=C(CNc1ccc(F)cc1)N/N=C/c1ccc(OC(F)F)cc1OC(F)F. The first-order valence-corrected chi connectivity index (χ1v) is 7.68. The molecule has 150 valence electrons. The van der Waals surface area contributed by atoms with Gasteiger partial charge in [-0.25, -0.2) is 9.82 Å². The summed E-state index contributed by atoms with van der Waals surface area (Å²) in [5.74, 6) is -1.84. The second-order valence-corrected chi connectivity index (χ2v) is 5.11. The molecule has 2 aromatic rings. The Morgan fingerprint density at radius 2 is 1.71 bits per heavy atom. The lowest BCUT2D eigenvalue weighted by molar-refractivity contribution is -0.119. The maximum absolute atomic E-state index is 12.8. The van der Waals surface area contributed by atoms with Crippen molar-refractivity contribution in [2.75, 3.05) is 11.9 Å². The van der Waals surface area contributed by atoms with Crippen LogP contribution in [0, 0.1) is 5.82 Å². The predicted molar refractivity (Wildman–Crippen MR) is 90.3 cm³/mol. The third-order valence-electron chi connectivity index (χ3n) is 3.12. The minimum atomic E-state index is -3.21. The predicted octanol–water partition coefficient (Wildman–Crippen LogP) is 3.59. The van der Waals surface area contributed by atoms with Gasteiger partial charge in [-0.2, -0.15) is 22.7 Å². The van der Waals surface area contributed by atoms with Gasteiger partial charge in [-0.1, -0.05) is 0 Å². The number of anilines is 1. The third kappa shape index (κ3) is 7.09. The lowest BCUT2D eigenvalue weighted by Crippen LogP contribution is -2.25. The average Bonchev–Trinajstić information content (AvgIpc) is 2.62. The van der Waals surface area contributed by atoms with Gasteiger partial charge in [-0.05, 0) is 36.4 Å². The molecule has 6 nitrogen and oxygen atoms in total. The van der Waals surface area contributed by atoms with Crippen molar-refractivity contribution in [3.63, 3.8) is 0 Å². The first-order chi connectivity index (χ1) is 13.3. The van der Waals surface area contributed by atoms with Gasteiger partial charge in [0.2, 0.25) is 0 Å². The van der Waals surface area contributed by atoms with E-state index in [1.807, 2.05) is 0 Å². The lowest BCUT2D eigenvalue weighted by atomic mass is 10.2. The Hall–Kier alpha value is -3.37. The van der Waals surface area contributed by atoms with Gasteiger partial charge in [0.1, 0.15) is 17.3 Å². The van der Waals surface area contributed by atoms with E-state index >= 15 is 0 Å². The number of hydrazone groups is 1. The van der Waals surface area contributed by atoms with Crippen LogP contribution in [-0.2, 0) is 4.79 Å². The van der Waals surface area contributed by atoms with Crippen LogP contribution < -0.4 is 20.2 Å². The van der Waals surface area contributed by atoms with Gasteiger partial charge in [0, 0.05) is 17.3 Å². The molecule has 0 unspecified atom stereocenters. The summed E-state index contributed by atoms with van der Waals surface area (Å²) < 4.78 is 70.5. The van der Waals surface area contributed by atoms with Crippen molar-refractivity contribution >= 4 is 17.8 Å².